The normalized spacial score (nSPS) is 24.3. The van der Waals surface area contributed by atoms with Crippen LogP contribution >= 0.6 is 0 Å². The fourth-order valence-corrected chi connectivity index (χ4v) is 4.70. The molecule has 158 valence electrons. The summed E-state index contributed by atoms with van der Waals surface area (Å²) in [5, 5.41) is 0. The van der Waals surface area contributed by atoms with Gasteiger partial charge in [0, 0.05) is 0 Å². The molecular weight excluding hydrogens is 383 g/mol. The zero-order valence-corrected chi connectivity index (χ0v) is 17.3. The lowest BCUT2D eigenvalue weighted by atomic mass is 9.89. The third kappa shape index (κ3) is 4.24. The number of halogens is 1. The predicted octanol–water partition coefficient (Wildman–Crippen LogP) is 2.39. The minimum Gasteiger partial charge on any atom is -0.497 e. The molecule has 0 bridgehead atoms. The van der Waals surface area contributed by atoms with Crippen LogP contribution in [0.25, 0.3) is 0 Å². The topological polar surface area (TPSA) is 51.0 Å². The van der Waals surface area contributed by atoms with E-state index in [0.717, 1.165) is 44.3 Å². The highest BCUT2D eigenvalue weighted by atomic mass is 19.1. The van der Waals surface area contributed by atoms with Gasteiger partial charge in [0.25, 0.3) is 5.91 Å². The van der Waals surface area contributed by atoms with E-state index in [0.29, 0.717) is 17.4 Å². The number of carbonyl (C=O) groups excluding carboxylic acids is 2. The highest BCUT2D eigenvalue weighted by molar-refractivity contribution is 6.21. The number of nitrogens with zero attached hydrogens (tertiary/aromatic N) is 1. The van der Waals surface area contributed by atoms with Gasteiger partial charge in [0.15, 0.2) is 6.04 Å². The highest BCUT2D eigenvalue weighted by Gasteiger charge is 2.46. The SMILES string of the molecule is COc1ccc(N2C(=O)C[C@H]([NH+]3CCC(CCc4ccccc4F)CC3)C2=O)cc1. The van der Waals surface area contributed by atoms with Crippen molar-refractivity contribution >= 4 is 17.5 Å². The van der Waals surface area contributed by atoms with Crippen LogP contribution in [0, 0.1) is 11.7 Å². The number of ether oxygens (including phenoxy) is 1. The van der Waals surface area contributed by atoms with Gasteiger partial charge in [0.05, 0.1) is 32.3 Å². The summed E-state index contributed by atoms with van der Waals surface area (Å²) in [5.41, 5.74) is 1.38. The molecule has 2 amide bonds. The summed E-state index contributed by atoms with van der Waals surface area (Å²) < 4.78 is 19.0. The van der Waals surface area contributed by atoms with Crippen LogP contribution in [0.1, 0.15) is 31.2 Å². The molecule has 2 saturated heterocycles. The summed E-state index contributed by atoms with van der Waals surface area (Å²) in [6, 6.07) is 13.7. The highest BCUT2D eigenvalue weighted by Crippen LogP contribution is 2.25. The minimum absolute atomic E-state index is 0.107. The van der Waals surface area contributed by atoms with Crippen LogP contribution in [0.5, 0.6) is 5.75 Å². The Morgan fingerprint density at radius 2 is 1.77 bits per heavy atom. The van der Waals surface area contributed by atoms with E-state index in [9.17, 15) is 14.0 Å². The van der Waals surface area contributed by atoms with E-state index >= 15 is 0 Å². The zero-order chi connectivity index (χ0) is 21.1. The summed E-state index contributed by atoms with van der Waals surface area (Å²) in [5.74, 6) is 0.860. The first-order valence-corrected chi connectivity index (χ1v) is 10.7. The number of likely N-dealkylation sites (tertiary alicyclic amines) is 1. The Bertz CT molecular complexity index is 907. The van der Waals surface area contributed by atoms with Gasteiger partial charge >= 0.3 is 0 Å². The number of aryl methyl sites for hydroxylation is 1. The molecule has 0 radical (unpaired) electrons. The third-order valence-electron chi connectivity index (χ3n) is 6.50. The van der Waals surface area contributed by atoms with Crippen LogP contribution in [-0.4, -0.2) is 38.1 Å². The van der Waals surface area contributed by atoms with Gasteiger partial charge in [-0.15, -0.1) is 0 Å². The lowest BCUT2D eigenvalue weighted by Crippen LogP contribution is -3.17. The Hall–Kier alpha value is -2.73. The molecule has 2 fully saturated rings. The molecule has 0 unspecified atom stereocenters. The average molecular weight is 411 g/mol. The first kappa shape index (κ1) is 20.5. The molecule has 5 nitrogen and oxygen atoms in total. The van der Waals surface area contributed by atoms with Gasteiger partial charge in [-0.05, 0) is 67.5 Å². The predicted molar refractivity (Wildman–Crippen MR) is 112 cm³/mol. The van der Waals surface area contributed by atoms with Gasteiger partial charge in [-0.2, -0.15) is 0 Å². The van der Waals surface area contributed by atoms with E-state index < -0.39 is 0 Å². The molecule has 2 aromatic rings. The number of quaternary nitrogens is 1. The molecule has 0 aromatic heterocycles. The number of methoxy groups -OCH3 is 1. The van der Waals surface area contributed by atoms with Crippen LogP contribution in [0.3, 0.4) is 0 Å². The Morgan fingerprint density at radius 1 is 1.07 bits per heavy atom. The molecule has 2 aromatic carbocycles. The fraction of sp³-hybridized carbons (Fsp3) is 0.417. The maximum absolute atomic E-state index is 13.8. The number of benzene rings is 2. The van der Waals surface area contributed by atoms with Crippen LogP contribution in [0.2, 0.25) is 0 Å². The Balaban J connectivity index is 1.33. The number of imide groups is 1. The van der Waals surface area contributed by atoms with Gasteiger partial charge in [-0.3, -0.25) is 9.59 Å². The second-order valence-corrected chi connectivity index (χ2v) is 8.25. The van der Waals surface area contributed by atoms with Crippen molar-refractivity contribution in [3.63, 3.8) is 0 Å². The van der Waals surface area contributed by atoms with Crippen molar-refractivity contribution < 1.29 is 23.6 Å². The summed E-state index contributed by atoms with van der Waals surface area (Å²) in [4.78, 5) is 28.1. The first-order valence-electron chi connectivity index (χ1n) is 10.7. The number of hydrogen-bond acceptors (Lipinski definition) is 3. The third-order valence-corrected chi connectivity index (χ3v) is 6.50. The van der Waals surface area contributed by atoms with E-state index in [1.165, 1.54) is 15.9 Å². The monoisotopic (exact) mass is 411 g/mol. The maximum Gasteiger partial charge on any atom is 0.292 e. The zero-order valence-electron chi connectivity index (χ0n) is 17.3. The number of rotatable bonds is 6. The van der Waals surface area contributed by atoms with Crippen LogP contribution in [0.15, 0.2) is 48.5 Å². The number of carbonyl (C=O) groups is 2. The molecule has 30 heavy (non-hydrogen) atoms. The molecule has 0 spiro atoms. The van der Waals surface area contributed by atoms with E-state index in [1.54, 1.807) is 37.4 Å². The van der Waals surface area contributed by atoms with Crippen LogP contribution in [-0.2, 0) is 16.0 Å². The summed E-state index contributed by atoms with van der Waals surface area (Å²) in [6.45, 7) is 1.75. The number of anilines is 1. The smallest absolute Gasteiger partial charge is 0.292 e. The molecule has 0 saturated carbocycles. The van der Waals surface area contributed by atoms with Crippen LogP contribution in [0.4, 0.5) is 10.1 Å². The Labute approximate surface area is 176 Å². The molecular formula is C24H28FN2O3+. The second-order valence-electron chi connectivity index (χ2n) is 8.25. The van der Waals surface area contributed by atoms with Crippen molar-refractivity contribution in [2.45, 2.75) is 38.1 Å². The van der Waals surface area contributed by atoms with E-state index in [1.807, 2.05) is 12.1 Å². The number of nitrogens with one attached hydrogen (secondary N) is 1. The summed E-state index contributed by atoms with van der Waals surface area (Å²) in [7, 11) is 1.58. The quantitative estimate of drug-likeness (QED) is 0.743. The molecule has 6 heteroatoms. The van der Waals surface area contributed by atoms with Crippen molar-refractivity contribution in [1.29, 1.82) is 0 Å². The summed E-state index contributed by atoms with van der Waals surface area (Å²) >= 11 is 0. The number of amides is 2. The van der Waals surface area contributed by atoms with Crippen LogP contribution < -0.4 is 14.5 Å². The molecule has 2 aliphatic rings. The molecule has 4 rings (SSSR count). The number of hydrogen-bond donors (Lipinski definition) is 1. The lowest BCUT2D eigenvalue weighted by Gasteiger charge is -2.32. The molecule has 2 aliphatic heterocycles. The van der Waals surface area contributed by atoms with Gasteiger partial charge in [0.2, 0.25) is 5.91 Å². The standard InChI is InChI=1S/C24H27FN2O3/c1-30-20-10-8-19(9-11-20)27-23(28)16-22(24(27)29)26-14-12-17(13-15-26)6-7-18-4-2-3-5-21(18)25/h2-5,8-11,17,22H,6-7,12-16H2,1H3/p+1/t22-/m0/s1. The lowest BCUT2D eigenvalue weighted by molar-refractivity contribution is -0.920. The van der Waals surface area contributed by atoms with Crippen molar-refractivity contribution in [2.75, 3.05) is 25.1 Å². The van der Waals surface area contributed by atoms with Gasteiger partial charge in [-0.1, -0.05) is 18.2 Å². The molecule has 0 aliphatic carbocycles. The summed E-state index contributed by atoms with van der Waals surface area (Å²) in [6.07, 6.45) is 3.98. The second kappa shape index (κ2) is 8.96. The molecule has 1 atom stereocenters. The molecule has 2 heterocycles. The van der Waals surface area contributed by atoms with Gasteiger partial charge < -0.3 is 9.64 Å². The van der Waals surface area contributed by atoms with E-state index in [-0.39, 0.29) is 30.1 Å². The van der Waals surface area contributed by atoms with E-state index in [2.05, 4.69) is 0 Å². The van der Waals surface area contributed by atoms with Gasteiger partial charge in [-0.25, -0.2) is 9.29 Å². The van der Waals surface area contributed by atoms with Crippen molar-refractivity contribution in [3.8, 4) is 5.75 Å². The van der Waals surface area contributed by atoms with Gasteiger partial charge in [0.1, 0.15) is 11.6 Å². The Kier molecular flexibility index (Phi) is 6.13. The first-order chi connectivity index (χ1) is 14.6. The largest absolute Gasteiger partial charge is 0.497 e. The van der Waals surface area contributed by atoms with E-state index in [4.69, 9.17) is 4.74 Å². The van der Waals surface area contributed by atoms with Crippen molar-refractivity contribution in [2.24, 2.45) is 5.92 Å². The van der Waals surface area contributed by atoms with Crippen molar-refractivity contribution in [1.82, 2.24) is 0 Å². The minimum atomic E-state index is -0.299. The maximum atomic E-state index is 13.8. The molecule has 1 N–H and O–H groups in total. The number of piperidine rings is 1. The fourth-order valence-electron chi connectivity index (χ4n) is 4.70. The average Bonchev–Trinajstić information content (AvgIpc) is 3.07. The van der Waals surface area contributed by atoms with Crippen molar-refractivity contribution in [3.05, 3.63) is 59.9 Å². The Morgan fingerprint density at radius 3 is 2.43 bits per heavy atom.